The summed E-state index contributed by atoms with van der Waals surface area (Å²) in [7, 11) is 0. The first-order chi connectivity index (χ1) is 7.15. The molecule has 1 N–H and O–H groups in total. The first-order valence-corrected chi connectivity index (χ1v) is 5.70. The van der Waals surface area contributed by atoms with Gasteiger partial charge in [0.25, 0.3) is 0 Å². The van der Waals surface area contributed by atoms with Crippen LogP contribution in [0, 0.1) is 5.41 Å². The average molecular weight is 210 g/mol. The Balaban J connectivity index is 1.92. The van der Waals surface area contributed by atoms with Gasteiger partial charge in [0.15, 0.2) is 0 Å². The largest absolute Gasteiger partial charge is 0.356 e. The predicted octanol–water partition coefficient (Wildman–Crippen LogP) is 0.525. The fraction of sp³-hybridized carbons (Fsp3) is 0.818. The fourth-order valence-corrected chi connectivity index (χ4v) is 2.56. The van der Waals surface area contributed by atoms with Crippen LogP contribution in [0.1, 0.15) is 32.6 Å². The minimum atomic E-state index is 0.154. The highest BCUT2D eigenvalue weighted by Crippen LogP contribution is 2.37. The van der Waals surface area contributed by atoms with E-state index in [2.05, 4.69) is 5.32 Å². The molecule has 4 heteroatoms. The maximum absolute atomic E-state index is 11.5. The molecule has 84 valence electrons. The molecule has 1 spiro atoms. The van der Waals surface area contributed by atoms with Gasteiger partial charge in [-0.2, -0.15) is 0 Å². The summed E-state index contributed by atoms with van der Waals surface area (Å²) in [5.41, 5.74) is 0.154. The number of likely N-dealkylation sites (tertiary alicyclic amines) is 1. The lowest BCUT2D eigenvalue weighted by Crippen LogP contribution is -2.43. The second-order valence-corrected chi connectivity index (χ2v) is 4.69. The molecule has 0 bridgehead atoms. The minimum absolute atomic E-state index is 0.154. The number of piperidine rings is 1. The van der Waals surface area contributed by atoms with Crippen LogP contribution in [0.5, 0.6) is 0 Å². The van der Waals surface area contributed by atoms with E-state index in [0.29, 0.717) is 12.8 Å². The fourth-order valence-electron chi connectivity index (χ4n) is 2.56. The smallest absolute Gasteiger partial charge is 0.222 e. The Morgan fingerprint density at radius 2 is 2.13 bits per heavy atom. The number of amides is 2. The standard InChI is InChI=1S/C11H18N2O2/c1-2-10(15)13-5-3-11(4-6-13)7-9(14)12-8-11/h2-8H2,1H3,(H,12,14). The van der Waals surface area contributed by atoms with Crippen LogP contribution in [0.25, 0.3) is 0 Å². The van der Waals surface area contributed by atoms with Crippen LogP contribution < -0.4 is 5.32 Å². The predicted molar refractivity (Wildman–Crippen MR) is 56.2 cm³/mol. The van der Waals surface area contributed by atoms with Gasteiger partial charge >= 0.3 is 0 Å². The highest BCUT2D eigenvalue weighted by molar-refractivity contribution is 5.79. The molecule has 2 fully saturated rings. The van der Waals surface area contributed by atoms with Gasteiger partial charge in [0.05, 0.1) is 0 Å². The van der Waals surface area contributed by atoms with Crippen LogP contribution in [0.3, 0.4) is 0 Å². The van der Waals surface area contributed by atoms with Crippen molar-refractivity contribution in [2.75, 3.05) is 19.6 Å². The lowest BCUT2D eigenvalue weighted by Gasteiger charge is -2.38. The number of hydrogen-bond acceptors (Lipinski definition) is 2. The van der Waals surface area contributed by atoms with E-state index in [1.807, 2.05) is 11.8 Å². The van der Waals surface area contributed by atoms with Gasteiger partial charge in [-0.15, -0.1) is 0 Å². The third-order valence-corrected chi connectivity index (χ3v) is 3.68. The third kappa shape index (κ3) is 1.98. The minimum Gasteiger partial charge on any atom is -0.356 e. The second-order valence-electron chi connectivity index (χ2n) is 4.69. The van der Waals surface area contributed by atoms with E-state index in [1.54, 1.807) is 0 Å². The molecule has 2 heterocycles. The third-order valence-electron chi connectivity index (χ3n) is 3.68. The number of nitrogens with one attached hydrogen (secondary N) is 1. The number of nitrogens with zero attached hydrogens (tertiary/aromatic N) is 1. The van der Waals surface area contributed by atoms with Crippen molar-refractivity contribution < 1.29 is 9.59 Å². The summed E-state index contributed by atoms with van der Waals surface area (Å²) < 4.78 is 0. The lowest BCUT2D eigenvalue weighted by molar-refractivity contribution is -0.133. The number of carbonyl (C=O) groups is 2. The molecule has 0 unspecified atom stereocenters. The van der Waals surface area contributed by atoms with Crippen LogP contribution in [0.4, 0.5) is 0 Å². The Labute approximate surface area is 90.0 Å². The topological polar surface area (TPSA) is 49.4 Å². The monoisotopic (exact) mass is 210 g/mol. The molecule has 2 saturated heterocycles. The van der Waals surface area contributed by atoms with Crippen molar-refractivity contribution in [2.45, 2.75) is 32.6 Å². The molecule has 2 aliphatic rings. The highest BCUT2D eigenvalue weighted by atomic mass is 16.2. The van der Waals surface area contributed by atoms with Crippen LogP contribution in [-0.2, 0) is 9.59 Å². The van der Waals surface area contributed by atoms with E-state index in [4.69, 9.17) is 0 Å². The van der Waals surface area contributed by atoms with Crippen LogP contribution >= 0.6 is 0 Å². The van der Waals surface area contributed by atoms with Crippen molar-refractivity contribution in [3.05, 3.63) is 0 Å². The van der Waals surface area contributed by atoms with E-state index >= 15 is 0 Å². The molecule has 15 heavy (non-hydrogen) atoms. The molecule has 2 rings (SSSR count). The van der Waals surface area contributed by atoms with E-state index < -0.39 is 0 Å². The maximum atomic E-state index is 11.5. The summed E-state index contributed by atoms with van der Waals surface area (Å²) in [5.74, 6) is 0.410. The molecule has 0 aliphatic carbocycles. The molecule has 0 saturated carbocycles. The van der Waals surface area contributed by atoms with Crippen molar-refractivity contribution in [1.82, 2.24) is 10.2 Å². The lowest BCUT2D eigenvalue weighted by atomic mass is 9.77. The maximum Gasteiger partial charge on any atom is 0.222 e. The van der Waals surface area contributed by atoms with Gasteiger partial charge in [0.1, 0.15) is 0 Å². The summed E-state index contributed by atoms with van der Waals surface area (Å²) in [6, 6.07) is 0. The molecular weight excluding hydrogens is 192 g/mol. The summed E-state index contributed by atoms with van der Waals surface area (Å²) in [6.45, 7) is 4.34. The Hall–Kier alpha value is -1.06. The first kappa shape index (κ1) is 10.5. The van der Waals surface area contributed by atoms with E-state index in [9.17, 15) is 9.59 Å². The molecule has 4 nitrogen and oxygen atoms in total. The normalized spacial score (nSPS) is 24.3. The van der Waals surface area contributed by atoms with Gasteiger partial charge in [0.2, 0.25) is 11.8 Å². The van der Waals surface area contributed by atoms with Gasteiger partial charge < -0.3 is 10.2 Å². The molecule has 2 amide bonds. The van der Waals surface area contributed by atoms with E-state index in [1.165, 1.54) is 0 Å². The van der Waals surface area contributed by atoms with E-state index in [0.717, 1.165) is 32.5 Å². The first-order valence-electron chi connectivity index (χ1n) is 5.70. The average Bonchev–Trinajstić information content (AvgIpc) is 2.60. The molecule has 0 aromatic carbocycles. The van der Waals surface area contributed by atoms with Gasteiger partial charge in [-0.3, -0.25) is 9.59 Å². The summed E-state index contributed by atoms with van der Waals surface area (Å²) in [5, 5.41) is 2.90. The molecular formula is C11H18N2O2. The Morgan fingerprint density at radius 3 is 2.60 bits per heavy atom. The van der Waals surface area contributed by atoms with Crippen molar-refractivity contribution in [2.24, 2.45) is 5.41 Å². The van der Waals surface area contributed by atoms with Gasteiger partial charge in [-0.1, -0.05) is 6.92 Å². The van der Waals surface area contributed by atoms with Crippen molar-refractivity contribution in [3.63, 3.8) is 0 Å². The van der Waals surface area contributed by atoms with Gasteiger partial charge in [-0.25, -0.2) is 0 Å². The molecule has 2 aliphatic heterocycles. The molecule has 0 aromatic heterocycles. The zero-order chi connectivity index (χ0) is 10.9. The van der Waals surface area contributed by atoms with E-state index in [-0.39, 0.29) is 17.2 Å². The van der Waals surface area contributed by atoms with Crippen molar-refractivity contribution in [3.8, 4) is 0 Å². The summed E-state index contributed by atoms with van der Waals surface area (Å²) in [6.07, 6.45) is 3.18. The Bertz CT molecular complexity index is 280. The quantitative estimate of drug-likeness (QED) is 0.686. The van der Waals surface area contributed by atoms with Crippen LogP contribution in [0.2, 0.25) is 0 Å². The van der Waals surface area contributed by atoms with Gasteiger partial charge in [-0.05, 0) is 18.3 Å². The van der Waals surface area contributed by atoms with Gasteiger partial charge in [0, 0.05) is 32.5 Å². The van der Waals surface area contributed by atoms with Crippen molar-refractivity contribution >= 4 is 11.8 Å². The number of hydrogen-bond donors (Lipinski definition) is 1. The summed E-state index contributed by atoms with van der Waals surface area (Å²) in [4.78, 5) is 24.6. The summed E-state index contributed by atoms with van der Waals surface area (Å²) >= 11 is 0. The van der Waals surface area contributed by atoms with Crippen LogP contribution in [0.15, 0.2) is 0 Å². The Kier molecular flexibility index (Phi) is 2.67. The number of rotatable bonds is 1. The second kappa shape index (κ2) is 3.83. The molecule has 0 radical (unpaired) electrons. The molecule has 0 atom stereocenters. The Morgan fingerprint density at radius 1 is 1.47 bits per heavy atom. The van der Waals surface area contributed by atoms with Crippen molar-refractivity contribution in [1.29, 1.82) is 0 Å². The highest BCUT2D eigenvalue weighted by Gasteiger charge is 2.41. The van der Waals surface area contributed by atoms with Crippen LogP contribution in [-0.4, -0.2) is 36.3 Å². The zero-order valence-corrected chi connectivity index (χ0v) is 9.21. The SMILES string of the molecule is CCC(=O)N1CCC2(CC1)CNC(=O)C2. The molecule has 0 aromatic rings. The number of carbonyl (C=O) groups excluding carboxylic acids is 2. The zero-order valence-electron chi connectivity index (χ0n) is 9.21.